The molecule has 0 bridgehead atoms. The van der Waals surface area contributed by atoms with Gasteiger partial charge in [0.15, 0.2) is 0 Å². The van der Waals surface area contributed by atoms with Crippen LogP contribution in [-0.2, 0) is 10.0 Å². The number of benzene rings is 1. The molecule has 0 aliphatic heterocycles. The Labute approximate surface area is 131 Å². The Kier molecular flexibility index (Phi) is 5.08. The van der Waals surface area contributed by atoms with E-state index < -0.39 is 16.0 Å². The number of hydrogen-bond donors (Lipinski definition) is 3. The molecular formula is C15H22N2O4S. The van der Waals surface area contributed by atoms with Gasteiger partial charge < -0.3 is 10.4 Å². The first kappa shape index (κ1) is 16.8. The van der Waals surface area contributed by atoms with Crippen molar-refractivity contribution in [1.29, 1.82) is 0 Å². The molecule has 122 valence electrons. The van der Waals surface area contributed by atoms with Gasteiger partial charge in [-0.15, -0.1) is 0 Å². The maximum absolute atomic E-state index is 12.5. The van der Waals surface area contributed by atoms with Gasteiger partial charge in [0.1, 0.15) is 4.90 Å². The van der Waals surface area contributed by atoms with Crippen LogP contribution in [0.5, 0.6) is 0 Å². The normalized spacial score (nSPS) is 16.1. The number of carboxylic acid groups (broad SMARTS) is 1. The summed E-state index contributed by atoms with van der Waals surface area (Å²) in [6.07, 6.45) is 4.24. The molecule has 22 heavy (non-hydrogen) atoms. The molecule has 2 rings (SSSR count). The molecule has 0 spiro atoms. The van der Waals surface area contributed by atoms with E-state index in [4.69, 9.17) is 5.11 Å². The van der Waals surface area contributed by atoms with Gasteiger partial charge in [-0.3, -0.25) is 0 Å². The molecule has 1 aliphatic rings. The molecule has 0 unspecified atom stereocenters. The van der Waals surface area contributed by atoms with Crippen LogP contribution in [0.3, 0.4) is 0 Å². The topological polar surface area (TPSA) is 95.5 Å². The lowest BCUT2D eigenvalue weighted by Gasteiger charge is -2.19. The van der Waals surface area contributed by atoms with Crippen LogP contribution in [0.4, 0.5) is 5.69 Å². The number of hydrogen-bond acceptors (Lipinski definition) is 4. The van der Waals surface area contributed by atoms with Crippen molar-refractivity contribution in [2.24, 2.45) is 0 Å². The second-order valence-corrected chi connectivity index (χ2v) is 7.60. The molecule has 0 radical (unpaired) electrons. The Bertz CT molecular complexity index is 650. The standard InChI is InChI=1S/C15H22N2O4S/c1-10(2)17-22(20,21)14-9-11(15(18)19)7-8-13(14)16-12-5-3-4-6-12/h7-10,12,16-17H,3-6H2,1-2H3,(H,18,19). The molecule has 1 fully saturated rings. The summed E-state index contributed by atoms with van der Waals surface area (Å²) in [4.78, 5) is 11.1. The summed E-state index contributed by atoms with van der Waals surface area (Å²) in [6.45, 7) is 3.45. The molecule has 0 aromatic heterocycles. The Hall–Kier alpha value is -1.60. The van der Waals surface area contributed by atoms with E-state index in [0.717, 1.165) is 25.7 Å². The number of nitrogens with one attached hydrogen (secondary N) is 2. The van der Waals surface area contributed by atoms with Crippen molar-refractivity contribution < 1.29 is 18.3 Å². The van der Waals surface area contributed by atoms with Crippen molar-refractivity contribution in [2.75, 3.05) is 5.32 Å². The fourth-order valence-corrected chi connectivity index (χ4v) is 4.11. The Morgan fingerprint density at radius 3 is 2.45 bits per heavy atom. The van der Waals surface area contributed by atoms with Crippen LogP contribution < -0.4 is 10.0 Å². The van der Waals surface area contributed by atoms with E-state index >= 15 is 0 Å². The van der Waals surface area contributed by atoms with Gasteiger partial charge in [0.05, 0.1) is 11.3 Å². The maximum atomic E-state index is 12.5. The van der Waals surface area contributed by atoms with Crippen molar-refractivity contribution in [2.45, 2.75) is 56.5 Å². The predicted molar refractivity (Wildman–Crippen MR) is 84.7 cm³/mol. The van der Waals surface area contributed by atoms with Gasteiger partial charge in [0, 0.05) is 12.1 Å². The second kappa shape index (κ2) is 6.66. The van der Waals surface area contributed by atoms with Crippen molar-refractivity contribution >= 4 is 21.7 Å². The number of anilines is 1. The maximum Gasteiger partial charge on any atom is 0.335 e. The van der Waals surface area contributed by atoms with Gasteiger partial charge in [-0.1, -0.05) is 12.8 Å². The zero-order valence-corrected chi connectivity index (χ0v) is 13.6. The average Bonchev–Trinajstić information content (AvgIpc) is 2.90. The van der Waals surface area contributed by atoms with E-state index in [1.54, 1.807) is 13.8 Å². The molecular weight excluding hydrogens is 304 g/mol. The van der Waals surface area contributed by atoms with Crippen LogP contribution in [-0.4, -0.2) is 31.6 Å². The predicted octanol–water partition coefficient (Wildman–Crippen LogP) is 2.43. The highest BCUT2D eigenvalue weighted by atomic mass is 32.2. The largest absolute Gasteiger partial charge is 0.478 e. The highest BCUT2D eigenvalue weighted by molar-refractivity contribution is 7.89. The van der Waals surface area contributed by atoms with Crippen molar-refractivity contribution in [1.82, 2.24) is 4.72 Å². The van der Waals surface area contributed by atoms with Gasteiger partial charge in [-0.2, -0.15) is 0 Å². The lowest BCUT2D eigenvalue weighted by Crippen LogP contribution is -2.31. The zero-order valence-electron chi connectivity index (χ0n) is 12.8. The van der Waals surface area contributed by atoms with E-state index in [1.165, 1.54) is 18.2 Å². The van der Waals surface area contributed by atoms with Crippen molar-refractivity contribution in [3.05, 3.63) is 23.8 Å². The van der Waals surface area contributed by atoms with Crippen LogP contribution in [0.2, 0.25) is 0 Å². The minimum absolute atomic E-state index is 0.00648. The highest BCUT2D eigenvalue weighted by Crippen LogP contribution is 2.28. The number of carboxylic acids is 1. The van der Waals surface area contributed by atoms with Gasteiger partial charge in [-0.05, 0) is 44.9 Å². The third-order valence-electron chi connectivity index (χ3n) is 3.62. The molecule has 3 N–H and O–H groups in total. The van der Waals surface area contributed by atoms with Crippen LogP contribution >= 0.6 is 0 Å². The van der Waals surface area contributed by atoms with E-state index in [-0.39, 0.29) is 22.5 Å². The van der Waals surface area contributed by atoms with Crippen LogP contribution in [0.1, 0.15) is 49.9 Å². The average molecular weight is 326 g/mol. The van der Waals surface area contributed by atoms with E-state index in [1.807, 2.05) is 0 Å². The number of aromatic carboxylic acids is 1. The summed E-state index contributed by atoms with van der Waals surface area (Å²) in [5.41, 5.74) is 0.422. The Balaban J connectivity index is 2.41. The minimum Gasteiger partial charge on any atom is -0.478 e. The van der Waals surface area contributed by atoms with Crippen molar-refractivity contribution in [3.8, 4) is 0 Å². The van der Waals surface area contributed by atoms with Crippen LogP contribution in [0.15, 0.2) is 23.1 Å². The summed E-state index contributed by atoms with van der Waals surface area (Å²) < 4.78 is 27.4. The first-order chi connectivity index (χ1) is 10.3. The molecule has 0 heterocycles. The number of carbonyl (C=O) groups is 1. The fraction of sp³-hybridized carbons (Fsp3) is 0.533. The lowest BCUT2D eigenvalue weighted by atomic mass is 10.2. The molecule has 1 aromatic rings. The summed E-state index contributed by atoms with van der Waals surface area (Å²) in [5, 5.41) is 12.3. The number of rotatable bonds is 6. The monoisotopic (exact) mass is 326 g/mol. The molecule has 1 aliphatic carbocycles. The van der Waals surface area contributed by atoms with E-state index in [0.29, 0.717) is 5.69 Å². The van der Waals surface area contributed by atoms with Gasteiger partial charge in [0.2, 0.25) is 10.0 Å². The fourth-order valence-electron chi connectivity index (χ4n) is 2.66. The minimum atomic E-state index is -3.76. The molecule has 7 heteroatoms. The van der Waals surface area contributed by atoms with Gasteiger partial charge in [0.25, 0.3) is 0 Å². The first-order valence-electron chi connectivity index (χ1n) is 7.46. The second-order valence-electron chi connectivity index (χ2n) is 5.92. The van der Waals surface area contributed by atoms with Crippen LogP contribution in [0.25, 0.3) is 0 Å². The third kappa shape index (κ3) is 3.98. The van der Waals surface area contributed by atoms with Gasteiger partial charge >= 0.3 is 5.97 Å². The molecule has 1 saturated carbocycles. The summed E-state index contributed by atoms with van der Waals surface area (Å²) in [5.74, 6) is -1.14. The van der Waals surface area contributed by atoms with Crippen LogP contribution in [0, 0.1) is 0 Å². The van der Waals surface area contributed by atoms with E-state index in [2.05, 4.69) is 10.0 Å². The first-order valence-corrected chi connectivity index (χ1v) is 8.94. The molecule has 0 amide bonds. The SMILES string of the molecule is CC(C)NS(=O)(=O)c1cc(C(=O)O)ccc1NC1CCCC1. The van der Waals surface area contributed by atoms with Crippen molar-refractivity contribution in [3.63, 3.8) is 0 Å². The smallest absolute Gasteiger partial charge is 0.335 e. The quantitative estimate of drug-likeness (QED) is 0.746. The summed E-state index contributed by atoms with van der Waals surface area (Å²) in [7, 11) is -3.76. The molecule has 6 nitrogen and oxygen atoms in total. The van der Waals surface area contributed by atoms with E-state index in [9.17, 15) is 13.2 Å². The Morgan fingerprint density at radius 2 is 1.91 bits per heavy atom. The molecule has 1 aromatic carbocycles. The zero-order chi connectivity index (χ0) is 16.3. The third-order valence-corrected chi connectivity index (χ3v) is 5.32. The molecule has 0 saturated heterocycles. The molecule has 0 atom stereocenters. The highest BCUT2D eigenvalue weighted by Gasteiger charge is 2.24. The summed E-state index contributed by atoms with van der Waals surface area (Å²) in [6, 6.07) is 4.15. The van der Waals surface area contributed by atoms with Gasteiger partial charge in [-0.25, -0.2) is 17.9 Å². The lowest BCUT2D eigenvalue weighted by molar-refractivity contribution is 0.0696. The Morgan fingerprint density at radius 1 is 1.27 bits per heavy atom. The summed E-state index contributed by atoms with van der Waals surface area (Å²) >= 11 is 0. The number of sulfonamides is 1.